The molecule has 1 aromatic carbocycles. The number of nitrogens with zero attached hydrogens (tertiary/aromatic N) is 3. The van der Waals surface area contributed by atoms with Crippen LogP contribution in [0, 0.1) is 11.8 Å². The average molecular weight is 344 g/mol. The van der Waals surface area contributed by atoms with Crippen LogP contribution < -0.4 is 0 Å². The minimum atomic E-state index is -1.08. The number of benzene rings is 1. The van der Waals surface area contributed by atoms with Gasteiger partial charge >= 0.3 is 0 Å². The normalized spacial score (nSPS) is 16.4. The van der Waals surface area contributed by atoms with E-state index in [1.54, 1.807) is 41.0 Å². The highest BCUT2D eigenvalue weighted by Gasteiger charge is 2.33. The number of amides is 1. The third kappa shape index (κ3) is 3.78. The van der Waals surface area contributed by atoms with Crippen LogP contribution in [0.4, 0.5) is 0 Å². The summed E-state index contributed by atoms with van der Waals surface area (Å²) in [7, 11) is 1.77. The highest BCUT2D eigenvalue weighted by molar-refractivity contribution is 6.30. The number of carbonyl (C=O) groups is 1. The molecule has 24 heavy (non-hydrogen) atoms. The third-order valence-electron chi connectivity index (χ3n) is 4.07. The van der Waals surface area contributed by atoms with Crippen LogP contribution in [0.25, 0.3) is 0 Å². The van der Waals surface area contributed by atoms with Crippen LogP contribution in [0.2, 0.25) is 5.02 Å². The molecule has 1 amide bonds. The molecule has 0 unspecified atom stereocenters. The average Bonchev–Trinajstić information content (AvgIpc) is 3.00. The number of aliphatic hydroxyl groups is 1. The Kier molecular flexibility index (Phi) is 4.61. The summed E-state index contributed by atoms with van der Waals surface area (Å²) < 4.78 is 1.60. The molecule has 124 valence electrons. The van der Waals surface area contributed by atoms with Gasteiger partial charge in [0.15, 0.2) is 0 Å². The highest BCUT2D eigenvalue weighted by Crippen LogP contribution is 2.23. The number of likely N-dealkylation sites (tertiary alicyclic amines) is 1. The molecule has 6 heteroatoms. The Bertz CT molecular complexity index is 811. The van der Waals surface area contributed by atoms with E-state index in [0.717, 1.165) is 5.56 Å². The predicted molar refractivity (Wildman–Crippen MR) is 91.6 cm³/mol. The first-order valence-electron chi connectivity index (χ1n) is 7.75. The van der Waals surface area contributed by atoms with E-state index in [1.807, 2.05) is 12.1 Å². The molecule has 1 aromatic heterocycles. The fourth-order valence-electron chi connectivity index (χ4n) is 2.65. The van der Waals surface area contributed by atoms with Crippen LogP contribution in [0.1, 0.15) is 28.9 Å². The molecule has 1 saturated heterocycles. The second-order valence-corrected chi connectivity index (χ2v) is 6.40. The molecule has 0 atom stereocenters. The molecule has 2 aromatic rings. The van der Waals surface area contributed by atoms with Crippen molar-refractivity contribution in [2.75, 3.05) is 13.1 Å². The monoisotopic (exact) mass is 343 g/mol. The van der Waals surface area contributed by atoms with E-state index >= 15 is 0 Å². The first kappa shape index (κ1) is 16.6. The van der Waals surface area contributed by atoms with Crippen LogP contribution in [-0.2, 0) is 7.05 Å². The largest absolute Gasteiger partial charge is 0.377 e. The van der Waals surface area contributed by atoms with Crippen molar-refractivity contribution in [2.24, 2.45) is 7.05 Å². The number of aryl methyl sites for hydroxylation is 1. The number of aromatic nitrogens is 2. The molecule has 1 N–H and O–H groups in total. The molecule has 3 rings (SSSR count). The van der Waals surface area contributed by atoms with Crippen molar-refractivity contribution >= 4 is 17.5 Å². The SMILES string of the molecule is Cn1ccc(C(=O)N2CCC(O)(C#Cc3cccc(Cl)c3)CC2)n1. The molecule has 1 fully saturated rings. The van der Waals surface area contributed by atoms with Gasteiger partial charge in [0.1, 0.15) is 11.3 Å². The maximum Gasteiger partial charge on any atom is 0.274 e. The lowest BCUT2D eigenvalue weighted by Crippen LogP contribution is -2.46. The van der Waals surface area contributed by atoms with Gasteiger partial charge in [-0.2, -0.15) is 5.10 Å². The summed E-state index contributed by atoms with van der Waals surface area (Å²) >= 11 is 5.93. The van der Waals surface area contributed by atoms with E-state index in [0.29, 0.717) is 36.6 Å². The van der Waals surface area contributed by atoms with Crippen molar-refractivity contribution in [1.29, 1.82) is 0 Å². The zero-order valence-corrected chi connectivity index (χ0v) is 14.1. The molecule has 0 aliphatic carbocycles. The number of halogens is 1. The first-order chi connectivity index (χ1) is 11.5. The molecule has 0 saturated carbocycles. The number of hydrogen-bond acceptors (Lipinski definition) is 3. The molecule has 0 bridgehead atoms. The second-order valence-electron chi connectivity index (χ2n) is 5.96. The lowest BCUT2D eigenvalue weighted by atomic mass is 9.91. The van der Waals surface area contributed by atoms with Gasteiger partial charge in [0.2, 0.25) is 0 Å². The van der Waals surface area contributed by atoms with Crippen molar-refractivity contribution < 1.29 is 9.90 Å². The number of piperidine rings is 1. The minimum absolute atomic E-state index is 0.111. The second kappa shape index (κ2) is 6.68. The molecule has 1 aliphatic rings. The Morgan fingerprint density at radius 3 is 2.71 bits per heavy atom. The van der Waals surface area contributed by atoms with Gasteiger partial charge in [-0.05, 0) is 24.3 Å². The summed E-state index contributed by atoms with van der Waals surface area (Å²) in [5.74, 6) is 5.79. The van der Waals surface area contributed by atoms with Crippen molar-refractivity contribution in [3.63, 3.8) is 0 Å². The Hall–Kier alpha value is -2.29. The Balaban J connectivity index is 1.65. The van der Waals surface area contributed by atoms with Gasteiger partial charge in [-0.1, -0.05) is 29.5 Å². The first-order valence-corrected chi connectivity index (χ1v) is 8.13. The Morgan fingerprint density at radius 2 is 2.08 bits per heavy atom. The smallest absolute Gasteiger partial charge is 0.274 e. The van der Waals surface area contributed by atoms with Crippen molar-refractivity contribution in [3.8, 4) is 11.8 Å². The van der Waals surface area contributed by atoms with Gasteiger partial charge in [-0.25, -0.2) is 0 Å². The van der Waals surface area contributed by atoms with Gasteiger partial charge in [-0.15, -0.1) is 0 Å². The summed E-state index contributed by atoms with van der Waals surface area (Å²) in [6.07, 6.45) is 2.57. The maximum absolute atomic E-state index is 12.4. The van der Waals surface area contributed by atoms with Crippen molar-refractivity contribution in [2.45, 2.75) is 18.4 Å². The fraction of sp³-hybridized carbons (Fsp3) is 0.333. The summed E-state index contributed by atoms with van der Waals surface area (Å²) in [5, 5.41) is 15.4. The van der Waals surface area contributed by atoms with E-state index in [9.17, 15) is 9.90 Å². The summed E-state index contributed by atoms with van der Waals surface area (Å²) in [6.45, 7) is 0.909. The summed E-state index contributed by atoms with van der Waals surface area (Å²) in [4.78, 5) is 14.1. The maximum atomic E-state index is 12.4. The van der Waals surface area contributed by atoms with E-state index < -0.39 is 5.60 Å². The van der Waals surface area contributed by atoms with Crippen LogP contribution in [0.3, 0.4) is 0 Å². The van der Waals surface area contributed by atoms with Crippen LogP contribution in [0.15, 0.2) is 36.5 Å². The minimum Gasteiger partial charge on any atom is -0.377 e. The quantitative estimate of drug-likeness (QED) is 0.807. The zero-order valence-electron chi connectivity index (χ0n) is 13.4. The van der Waals surface area contributed by atoms with Gasteiger partial charge in [-0.3, -0.25) is 9.48 Å². The number of hydrogen-bond donors (Lipinski definition) is 1. The standard InChI is InChI=1S/C18H18ClN3O2/c1-21-10-6-16(20-21)17(23)22-11-8-18(24,9-12-22)7-5-14-3-2-4-15(19)13-14/h2-4,6,10,13,24H,8-9,11-12H2,1H3. The van der Waals surface area contributed by atoms with Crippen LogP contribution in [0.5, 0.6) is 0 Å². The molecule has 2 heterocycles. The van der Waals surface area contributed by atoms with E-state index in [2.05, 4.69) is 16.9 Å². The van der Waals surface area contributed by atoms with Gasteiger partial charge < -0.3 is 10.0 Å². The number of carbonyl (C=O) groups excluding carboxylic acids is 1. The Morgan fingerprint density at radius 1 is 1.33 bits per heavy atom. The van der Waals surface area contributed by atoms with E-state index in [-0.39, 0.29) is 5.91 Å². The number of rotatable bonds is 1. The fourth-order valence-corrected chi connectivity index (χ4v) is 2.84. The van der Waals surface area contributed by atoms with Gasteiger partial charge in [0, 0.05) is 49.8 Å². The van der Waals surface area contributed by atoms with E-state index in [4.69, 9.17) is 11.6 Å². The lowest BCUT2D eigenvalue weighted by molar-refractivity contribution is 0.0246. The van der Waals surface area contributed by atoms with E-state index in [1.165, 1.54) is 0 Å². The zero-order chi connectivity index (χ0) is 17.2. The topological polar surface area (TPSA) is 58.4 Å². The summed E-state index contributed by atoms with van der Waals surface area (Å²) in [5.41, 5.74) is 0.110. The molecular formula is C18H18ClN3O2. The predicted octanol–water partition coefficient (Wildman–Crippen LogP) is 2.09. The molecular weight excluding hydrogens is 326 g/mol. The third-order valence-corrected chi connectivity index (χ3v) is 4.31. The molecule has 0 spiro atoms. The van der Waals surface area contributed by atoms with Crippen LogP contribution in [-0.4, -0.2) is 44.4 Å². The van der Waals surface area contributed by atoms with Crippen molar-refractivity contribution in [3.05, 3.63) is 52.8 Å². The summed E-state index contributed by atoms with van der Waals surface area (Å²) in [6, 6.07) is 8.91. The molecule has 5 nitrogen and oxygen atoms in total. The van der Waals surface area contributed by atoms with Crippen LogP contribution >= 0.6 is 11.6 Å². The van der Waals surface area contributed by atoms with Gasteiger partial charge in [0.05, 0.1) is 0 Å². The lowest BCUT2D eigenvalue weighted by Gasteiger charge is -2.34. The molecule has 1 aliphatic heterocycles. The Labute approximate surface area is 145 Å². The van der Waals surface area contributed by atoms with Gasteiger partial charge in [0.25, 0.3) is 5.91 Å². The van der Waals surface area contributed by atoms with Crippen molar-refractivity contribution in [1.82, 2.24) is 14.7 Å². The molecule has 0 radical (unpaired) electrons. The highest BCUT2D eigenvalue weighted by atomic mass is 35.5.